The van der Waals surface area contributed by atoms with Crippen LogP contribution >= 0.6 is 11.8 Å². The maximum atomic E-state index is 12.5. The molecule has 0 aliphatic carbocycles. The SMILES string of the molecule is N#Cc1c(N)nc(SCCC(=O)Nc2cccc3ccccc23)c(C#N)c1-c1ccco1. The molecule has 2 heterocycles. The van der Waals surface area contributed by atoms with Crippen LogP contribution in [0.4, 0.5) is 11.5 Å². The Labute approximate surface area is 188 Å². The molecule has 0 aliphatic heterocycles. The average Bonchev–Trinajstić information content (AvgIpc) is 3.33. The molecule has 3 N–H and O–H groups in total. The van der Waals surface area contributed by atoms with E-state index in [4.69, 9.17) is 10.2 Å². The van der Waals surface area contributed by atoms with Crippen molar-refractivity contribution in [3.63, 3.8) is 0 Å². The molecular formula is C24H17N5O2S. The van der Waals surface area contributed by atoms with E-state index >= 15 is 0 Å². The van der Waals surface area contributed by atoms with E-state index < -0.39 is 0 Å². The second kappa shape index (κ2) is 9.25. The van der Waals surface area contributed by atoms with Crippen LogP contribution in [0, 0.1) is 22.7 Å². The third-order valence-corrected chi connectivity index (χ3v) is 5.79. The van der Waals surface area contributed by atoms with Gasteiger partial charge >= 0.3 is 0 Å². The summed E-state index contributed by atoms with van der Waals surface area (Å²) in [6.07, 6.45) is 1.66. The Morgan fingerprint density at radius 1 is 1.06 bits per heavy atom. The quantitative estimate of drug-likeness (QED) is 0.407. The number of hydrogen-bond acceptors (Lipinski definition) is 7. The molecule has 2 aromatic heterocycles. The molecule has 0 saturated carbocycles. The van der Waals surface area contributed by atoms with Crippen molar-refractivity contribution in [3.05, 3.63) is 72.0 Å². The number of thioether (sulfide) groups is 1. The van der Waals surface area contributed by atoms with Gasteiger partial charge in [0.1, 0.15) is 34.3 Å². The summed E-state index contributed by atoms with van der Waals surface area (Å²) in [5, 5.41) is 24.5. The number of nitriles is 2. The van der Waals surface area contributed by atoms with E-state index in [1.807, 2.05) is 48.5 Å². The van der Waals surface area contributed by atoms with Gasteiger partial charge in [0.25, 0.3) is 0 Å². The summed E-state index contributed by atoms with van der Waals surface area (Å²) in [4.78, 5) is 16.8. The molecule has 156 valence electrons. The third kappa shape index (κ3) is 4.13. The molecule has 4 rings (SSSR count). The molecule has 0 spiro atoms. The number of rotatable bonds is 6. The number of nitrogens with zero attached hydrogens (tertiary/aromatic N) is 3. The van der Waals surface area contributed by atoms with Gasteiger partial charge in [0.15, 0.2) is 0 Å². The number of carbonyl (C=O) groups excluding carboxylic acids is 1. The molecule has 8 heteroatoms. The van der Waals surface area contributed by atoms with Crippen molar-refractivity contribution in [1.29, 1.82) is 10.5 Å². The molecule has 2 aromatic carbocycles. The predicted octanol–water partition coefficient (Wildman–Crippen LogP) is 4.94. The minimum absolute atomic E-state index is 0.0145. The number of nitrogens with two attached hydrogens (primary N) is 1. The Balaban J connectivity index is 1.51. The monoisotopic (exact) mass is 439 g/mol. The lowest BCUT2D eigenvalue weighted by Crippen LogP contribution is -2.12. The van der Waals surface area contributed by atoms with Crippen LogP contribution in [0.25, 0.3) is 22.1 Å². The summed E-state index contributed by atoms with van der Waals surface area (Å²) in [5.74, 6) is 0.602. The first kappa shape index (κ1) is 21.0. The number of carbonyl (C=O) groups is 1. The normalized spacial score (nSPS) is 10.4. The molecule has 1 amide bonds. The number of nitrogen functional groups attached to an aromatic ring is 1. The fourth-order valence-electron chi connectivity index (χ4n) is 3.36. The highest BCUT2D eigenvalue weighted by Crippen LogP contribution is 2.36. The standard InChI is InChI=1S/C24H17N5O2S/c25-13-17-22(20-9-4-11-31-20)18(14-26)24(29-23(17)27)32-12-10-21(30)28-19-8-3-6-15-5-1-2-7-16(15)19/h1-9,11H,10,12H2,(H2,27,29)(H,28,30). The van der Waals surface area contributed by atoms with Gasteiger partial charge < -0.3 is 15.5 Å². The zero-order valence-electron chi connectivity index (χ0n) is 16.8. The number of aromatic nitrogens is 1. The van der Waals surface area contributed by atoms with Crippen LogP contribution in [0.3, 0.4) is 0 Å². The summed E-state index contributed by atoms with van der Waals surface area (Å²) in [7, 11) is 0. The fourth-order valence-corrected chi connectivity index (χ4v) is 4.29. The summed E-state index contributed by atoms with van der Waals surface area (Å²) >= 11 is 1.23. The minimum atomic E-state index is -0.153. The van der Waals surface area contributed by atoms with Crippen molar-refractivity contribution >= 4 is 39.9 Å². The van der Waals surface area contributed by atoms with Crippen molar-refractivity contribution in [1.82, 2.24) is 4.98 Å². The van der Waals surface area contributed by atoms with E-state index in [0.717, 1.165) is 16.5 Å². The number of furan rings is 1. The first-order chi connectivity index (χ1) is 15.6. The zero-order valence-corrected chi connectivity index (χ0v) is 17.6. The van der Waals surface area contributed by atoms with Crippen molar-refractivity contribution < 1.29 is 9.21 Å². The van der Waals surface area contributed by atoms with Crippen LogP contribution < -0.4 is 11.1 Å². The fraction of sp³-hybridized carbons (Fsp3) is 0.0833. The smallest absolute Gasteiger partial charge is 0.225 e. The molecule has 0 aliphatic rings. The Morgan fingerprint density at radius 2 is 1.84 bits per heavy atom. The van der Waals surface area contributed by atoms with Crippen molar-refractivity contribution in [2.45, 2.75) is 11.4 Å². The molecular weight excluding hydrogens is 422 g/mol. The highest BCUT2D eigenvalue weighted by Gasteiger charge is 2.22. The maximum absolute atomic E-state index is 12.5. The molecule has 0 unspecified atom stereocenters. The van der Waals surface area contributed by atoms with Crippen LogP contribution in [0.5, 0.6) is 0 Å². The van der Waals surface area contributed by atoms with Gasteiger partial charge in [-0.15, -0.1) is 11.8 Å². The maximum Gasteiger partial charge on any atom is 0.225 e. The Morgan fingerprint density at radius 3 is 2.59 bits per heavy atom. The average molecular weight is 440 g/mol. The van der Waals surface area contributed by atoms with Gasteiger partial charge in [-0.05, 0) is 23.6 Å². The lowest BCUT2D eigenvalue weighted by atomic mass is 10.0. The molecule has 0 atom stereocenters. The number of fused-ring (bicyclic) bond motifs is 1. The van der Waals surface area contributed by atoms with Crippen molar-refractivity contribution in [2.75, 3.05) is 16.8 Å². The number of amides is 1. The third-order valence-electron chi connectivity index (χ3n) is 4.81. The number of benzene rings is 2. The number of hydrogen-bond donors (Lipinski definition) is 2. The van der Waals surface area contributed by atoms with Crippen LogP contribution in [-0.2, 0) is 4.79 Å². The van der Waals surface area contributed by atoms with E-state index in [-0.39, 0.29) is 29.3 Å². The van der Waals surface area contributed by atoms with Crippen LogP contribution in [0.2, 0.25) is 0 Å². The molecule has 32 heavy (non-hydrogen) atoms. The molecule has 4 aromatic rings. The summed E-state index contributed by atoms with van der Waals surface area (Å²) in [6.45, 7) is 0. The lowest BCUT2D eigenvalue weighted by Gasteiger charge is -2.11. The molecule has 7 nitrogen and oxygen atoms in total. The topological polar surface area (TPSA) is 129 Å². The van der Waals surface area contributed by atoms with Gasteiger partial charge in [0.05, 0.1) is 17.4 Å². The van der Waals surface area contributed by atoms with Gasteiger partial charge in [0.2, 0.25) is 5.91 Å². The predicted molar refractivity (Wildman–Crippen MR) is 124 cm³/mol. The summed E-state index contributed by atoms with van der Waals surface area (Å²) in [5.41, 5.74) is 7.32. The van der Waals surface area contributed by atoms with Crippen LogP contribution in [-0.4, -0.2) is 16.6 Å². The first-order valence-electron chi connectivity index (χ1n) is 9.70. The van der Waals surface area contributed by atoms with E-state index in [0.29, 0.717) is 22.1 Å². The summed E-state index contributed by atoms with van der Waals surface area (Å²) in [6, 6.07) is 21.0. The number of anilines is 2. The molecule has 0 fully saturated rings. The second-order valence-corrected chi connectivity index (χ2v) is 7.89. The van der Waals surface area contributed by atoms with E-state index in [1.54, 1.807) is 12.1 Å². The van der Waals surface area contributed by atoms with Crippen LogP contribution in [0.1, 0.15) is 17.5 Å². The number of pyridine rings is 1. The van der Waals surface area contributed by atoms with Gasteiger partial charge in [-0.3, -0.25) is 4.79 Å². The van der Waals surface area contributed by atoms with Gasteiger partial charge in [-0.1, -0.05) is 36.4 Å². The van der Waals surface area contributed by atoms with Gasteiger partial charge in [-0.25, -0.2) is 4.98 Å². The van der Waals surface area contributed by atoms with Crippen molar-refractivity contribution in [2.24, 2.45) is 0 Å². The largest absolute Gasteiger partial charge is 0.464 e. The Bertz CT molecular complexity index is 1380. The Hall–Kier alpha value is -4.27. The van der Waals surface area contributed by atoms with E-state index in [2.05, 4.69) is 16.4 Å². The van der Waals surface area contributed by atoms with Crippen LogP contribution in [0.15, 0.2) is 70.3 Å². The summed E-state index contributed by atoms with van der Waals surface area (Å²) < 4.78 is 5.40. The minimum Gasteiger partial charge on any atom is -0.464 e. The second-order valence-electron chi connectivity index (χ2n) is 6.80. The van der Waals surface area contributed by atoms with Gasteiger partial charge in [-0.2, -0.15) is 10.5 Å². The first-order valence-corrected chi connectivity index (χ1v) is 10.7. The molecule has 0 radical (unpaired) electrons. The zero-order chi connectivity index (χ0) is 22.5. The van der Waals surface area contributed by atoms with E-state index in [9.17, 15) is 15.3 Å². The Kier molecular flexibility index (Phi) is 6.07. The molecule has 0 saturated heterocycles. The highest BCUT2D eigenvalue weighted by atomic mass is 32.2. The highest BCUT2D eigenvalue weighted by molar-refractivity contribution is 7.99. The van der Waals surface area contributed by atoms with E-state index in [1.165, 1.54) is 18.0 Å². The molecule has 0 bridgehead atoms. The van der Waals surface area contributed by atoms with Gasteiger partial charge in [0, 0.05) is 23.2 Å². The lowest BCUT2D eigenvalue weighted by molar-refractivity contribution is -0.115. The number of nitrogens with one attached hydrogen (secondary N) is 1. The van der Waals surface area contributed by atoms with Crippen molar-refractivity contribution in [3.8, 4) is 23.5 Å².